The molecule has 4 heteroatoms. The molecule has 2 N–H and O–H groups in total. The minimum Gasteiger partial charge on any atom is -0.388 e. The summed E-state index contributed by atoms with van der Waals surface area (Å²) < 4.78 is 0. The Morgan fingerprint density at radius 1 is 1.35 bits per heavy atom. The molecule has 0 radical (unpaired) electrons. The third kappa shape index (κ3) is 4.39. The average molecular weight is 291 g/mol. The highest BCUT2D eigenvalue weighted by molar-refractivity contribution is 7.98. The Morgan fingerprint density at radius 3 is 2.60 bits per heavy atom. The maximum absolute atomic E-state index is 11.7. The van der Waals surface area contributed by atoms with E-state index in [0.717, 1.165) is 31.2 Å². The molecule has 1 amide bonds. The normalized spacial score (nSPS) is 17.5. The van der Waals surface area contributed by atoms with Crippen LogP contribution in [0.4, 0.5) is 0 Å². The molecule has 1 aromatic rings. The van der Waals surface area contributed by atoms with Crippen LogP contribution in [0.25, 0.3) is 6.08 Å². The van der Waals surface area contributed by atoms with Crippen molar-refractivity contribution >= 4 is 23.7 Å². The van der Waals surface area contributed by atoms with Gasteiger partial charge in [-0.1, -0.05) is 25.0 Å². The highest BCUT2D eigenvalue weighted by Gasteiger charge is 2.30. The zero-order valence-corrected chi connectivity index (χ0v) is 12.6. The molecule has 0 aromatic heterocycles. The van der Waals surface area contributed by atoms with Gasteiger partial charge in [0, 0.05) is 17.5 Å². The summed E-state index contributed by atoms with van der Waals surface area (Å²) in [5.74, 6) is -0.153. The molecule has 1 aliphatic rings. The number of rotatable bonds is 5. The largest absolute Gasteiger partial charge is 0.388 e. The summed E-state index contributed by atoms with van der Waals surface area (Å²) in [5, 5.41) is 12.9. The molecule has 0 aliphatic heterocycles. The predicted octanol–water partition coefficient (Wildman–Crippen LogP) is 2.84. The van der Waals surface area contributed by atoms with Crippen molar-refractivity contribution in [2.24, 2.45) is 0 Å². The molecule has 2 rings (SSSR count). The lowest BCUT2D eigenvalue weighted by Gasteiger charge is -2.21. The van der Waals surface area contributed by atoms with Crippen LogP contribution in [0.1, 0.15) is 31.2 Å². The smallest absolute Gasteiger partial charge is 0.244 e. The number of benzene rings is 1. The molecule has 0 spiro atoms. The lowest BCUT2D eigenvalue weighted by atomic mass is 10.0. The summed E-state index contributed by atoms with van der Waals surface area (Å²) in [6.07, 6.45) is 9.00. The Bertz CT molecular complexity index is 476. The zero-order valence-electron chi connectivity index (χ0n) is 11.8. The topological polar surface area (TPSA) is 49.3 Å². The van der Waals surface area contributed by atoms with E-state index in [0.29, 0.717) is 6.54 Å². The summed E-state index contributed by atoms with van der Waals surface area (Å²) in [6, 6.07) is 8.03. The van der Waals surface area contributed by atoms with E-state index >= 15 is 0 Å². The second kappa shape index (κ2) is 6.95. The minimum atomic E-state index is -0.691. The standard InChI is InChI=1S/C16H21NO2S/c1-20-14-7-4-13(5-8-14)6-9-15(18)17-12-16(19)10-2-3-11-16/h4-9,19H,2-3,10-12H2,1H3,(H,17,18)/b9-6+. The number of carbonyl (C=O) groups is 1. The summed E-state index contributed by atoms with van der Waals surface area (Å²) in [6.45, 7) is 0.349. The van der Waals surface area contributed by atoms with Crippen molar-refractivity contribution in [2.45, 2.75) is 36.2 Å². The van der Waals surface area contributed by atoms with Gasteiger partial charge in [0.1, 0.15) is 0 Å². The lowest BCUT2D eigenvalue weighted by molar-refractivity contribution is -0.117. The summed E-state index contributed by atoms with van der Waals surface area (Å²) in [7, 11) is 0. The Balaban J connectivity index is 1.82. The van der Waals surface area contributed by atoms with Gasteiger partial charge in [0.15, 0.2) is 0 Å². The number of hydrogen-bond donors (Lipinski definition) is 2. The fourth-order valence-corrected chi connectivity index (χ4v) is 2.82. The molecular weight excluding hydrogens is 270 g/mol. The SMILES string of the molecule is CSc1ccc(/C=C/C(=O)NCC2(O)CCCC2)cc1. The molecule has 0 saturated heterocycles. The fraction of sp³-hybridized carbons (Fsp3) is 0.438. The van der Waals surface area contributed by atoms with E-state index in [4.69, 9.17) is 0 Å². The van der Waals surface area contributed by atoms with E-state index in [9.17, 15) is 9.90 Å². The average Bonchev–Trinajstić information content (AvgIpc) is 2.91. The molecule has 20 heavy (non-hydrogen) atoms. The molecule has 108 valence electrons. The van der Waals surface area contributed by atoms with Gasteiger partial charge in [0.05, 0.1) is 5.60 Å². The van der Waals surface area contributed by atoms with Gasteiger partial charge in [-0.2, -0.15) is 0 Å². The fourth-order valence-electron chi connectivity index (χ4n) is 2.41. The van der Waals surface area contributed by atoms with Crippen molar-refractivity contribution in [1.29, 1.82) is 0 Å². The van der Waals surface area contributed by atoms with Gasteiger partial charge in [0.2, 0.25) is 5.91 Å². The van der Waals surface area contributed by atoms with Crippen LogP contribution in [-0.2, 0) is 4.79 Å². The van der Waals surface area contributed by atoms with Gasteiger partial charge in [-0.05, 0) is 42.9 Å². The number of carbonyl (C=O) groups excluding carboxylic acids is 1. The lowest BCUT2D eigenvalue weighted by Crippen LogP contribution is -2.40. The van der Waals surface area contributed by atoms with E-state index < -0.39 is 5.60 Å². The molecule has 0 heterocycles. The second-order valence-electron chi connectivity index (χ2n) is 5.26. The predicted molar refractivity (Wildman–Crippen MR) is 83.7 cm³/mol. The van der Waals surface area contributed by atoms with Crippen LogP contribution >= 0.6 is 11.8 Å². The second-order valence-corrected chi connectivity index (χ2v) is 6.14. The van der Waals surface area contributed by atoms with Crippen LogP contribution in [0.5, 0.6) is 0 Å². The maximum atomic E-state index is 11.7. The van der Waals surface area contributed by atoms with Gasteiger partial charge in [-0.3, -0.25) is 4.79 Å². The first-order valence-corrected chi connectivity index (χ1v) is 8.16. The Labute approximate surface area is 124 Å². The molecular formula is C16H21NO2S. The van der Waals surface area contributed by atoms with Crippen molar-refractivity contribution in [1.82, 2.24) is 5.32 Å². The molecule has 1 aromatic carbocycles. The van der Waals surface area contributed by atoms with E-state index in [2.05, 4.69) is 5.32 Å². The highest BCUT2D eigenvalue weighted by atomic mass is 32.2. The van der Waals surface area contributed by atoms with Crippen LogP contribution < -0.4 is 5.32 Å². The molecule has 3 nitrogen and oxygen atoms in total. The first-order chi connectivity index (χ1) is 9.61. The van der Waals surface area contributed by atoms with E-state index in [-0.39, 0.29) is 5.91 Å². The Kier molecular flexibility index (Phi) is 5.26. The Morgan fingerprint density at radius 2 is 2.00 bits per heavy atom. The number of thioether (sulfide) groups is 1. The highest BCUT2D eigenvalue weighted by Crippen LogP contribution is 2.28. The minimum absolute atomic E-state index is 0.153. The molecule has 1 fully saturated rings. The number of hydrogen-bond acceptors (Lipinski definition) is 3. The van der Waals surface area contributed by atoms with E-state index in [1.165, 1.54) is 11.0 Å². The maximum Gasteiger partial charge on any atom is 0.244 e. The number of amides is 1. The monoisotopic (exact) mass is 291 g/mol. The first kappa shape index (κ1) is 15.1. The van der Waals surface area contributed by atoms with E-state index in [1.807, 2.05) is 30.5 Å². The summed E-state index contributed by atoms with van der Waals surface area (Å²) >= 11 is 1.69. The quantitative estimate of drug-likeness (QED) is 0.648. The van der Waals surface area contributed by atoms with Crippen LogP contribution in [0, 0.1) is 0 Å². The molecule has 1 saturated carbocycles. The van der Waals surface area contributed by atoms with E-state index in [1.54, 1.807) is 17.8 Å². The van der Waals surface area contributed by atoms with Gasteiger partial charge in [-0.25, -0.2) is 0 Å². The van der Waals surface area contributed by atoms with Gasteiger partial charge in [0.25, 0.3) is 0 Å². The van der Waals surface area contributed by atoms with Crippen molar-refractivity contribution < 1.29 is 9.90 Å². The third-order valence-corrected chi connectivity index (χ3v) is 4.41. The van der Waals surface area contributed by atoms with Gasteiger partial charge < -0.3 is 10.4 Å². The van der Waals surface area contributed by atoms with Gasteiger partial charge in [-0.15, -0.1) is 11.8 Å². The third-order valence-electron chi connectivity index (χ3n) is 3.67. The first-order valence-electron chi connectivity index (χ1n) is 6.94. The molecule has 1 aliphatic carbocycles. The molecule has 0 bridgehead atoms. The van der Waals surface area contributed by atoms with Crippen molar-refractivity contribution in [2.75, 3.05) is 12.8 Å². The zero-order chi connectivity index (χ0) is 14.4. The number of aliphatic hydroxyl groups is 1. The number of nitrogens with one attached hydrogen (secondary N) is 1. The van der Waals surface area contributed by atoms with Crippen LogP contribution in [-0.4, -0.2) is 29.4 Å². The van der Waals surface area contributed by atoms with Crippen molar-refractivity contribution in [3.63, 3.8) is 0 Å². The summed E-state index contributed by atoms with van der Waals surface area (Å²) in [5.41, 5.74) is 0.307. The molecule has 0 unspecified atom stereocenters. The van der Waals surface area contributed by atoms with Gasteiger partial charge >= 0.3 is 0 Å². The van der Waals surface area contributed by atoms with Crippen LogP contribution in [0.2, 0.25) is 0 Å². The Hall–Kier alpha value is -1.26. The van der Waals surface area contributed by atoms with Crippen LogP contribution in [0.15, 0.2) is 35.2 Å². The summed E-state index contributed by atoms with van der Waals surface area (Å²) in [4.78, 5) is 12.9. The van der Waals surface area contributed by atoms with Crippen LogP contribution in [0.3, 0.4) is 0 Å². The molecule has 0 atom stereocenters. The van der Waals surface area contributed by atoms with Crippen molar-refractivity contribution in [3.8, 4) is 0 Å². The van der Waals surface area contributed by atoms with Crippen molar-refractivity contribution in [3.05, 3.63) is 35.9 Å².